The number of hydrogen-bond acceptors (Lipinski definition) is 2. The maximum atomic E-state index is 5.22. The van der Waals surface area contributed by atoms with Crippen LogP contribution in [0.1, 0.15) is 0 Å². The molecule has 180 valence electrons. The van der Waals surface area contributed by atoms with Crippen LogP contribution in [0.2, 0.25) is 0 Å². The lowest BCUT2D eigenvalue weighted by atomic mass is 9.93. The van der Waals surface area contributed by atoms with Crippen molar-refractivity contribution in [2.45, 2.75) is 0 Å². The van der Waals surface area contributed by atoms with Crippen molar-refractivity contribution in [3.05, 3.63) is 128 Å². The molecule has 0 saturated carbocycles. The van der Waals surface area contributed by atoms with E-state index in [1.807, 2.05) is 18.3 Å². The first-order valence-electron chi connectivity index (χ1n) is 13.3. The Balaban J connectivity index is 1.54. The van der Waals surface area contributed by atoms with Gasteiger partial charge in [0.1, 0.15) is 5.82 Å². The smallest absolute Gasteiger partial charge is 0.138 e. The van der Waals surface area contributed by atoms with Gasteiger partial charge in [-0.3, -0.25) is 9.55 Å². The van der Waals surface area contributed by atoms with Crippen LogP contribution in [0.4, 0.5) is 0 Å². The molecule has 3 nitrogen and oxygen atoms in total. The second-order valence-corrected chi connectivity index (χ2v) is 10.2. The van der Waals surface area contributed by atoms with Gasteiger partial charge in [0.25, 0.3) is 0 Å². The zero-order valence-corrected chi connectivity index (χ0v) is 21.0. The number of pyridine rings is 2. The molecule has 3 heteroatoms. The summed E-state index contributed by atoms with van der Waals surface area (Å²) in [7, 11) is 0. The van der Waals surface area contributed by atoms with Crippen molar-refractivity contribution in [1.29, 1.82) is 0 Å². The topological polar surface area (TPSA) is 30.7 Å². The molecule has 0 atom stereocenters. The summed E-state index contributed by atoms with van der Waals surface area (Å²) >= 11 is 0. The van der Waals surface area contributed by atoms with Gasteiger partial charge in [-0.15, -0.1) is 0 Å². The Bertz CT molecular complexity index is 2280. The predicted octanol–water partition coefficient (Wildman–Crippen LogP) is 9.19. The van der Waals surface area contributed by atoms with Crippen molar-refractivity contribution >= 4 is 43.5 Å². The fourth-order valence-corrected chi connectivity index (χ4v) is 6.55. The lowest BCUT2D eigenvalue weighted by Crippen LogP contribution is -2.00. The van der Waals surface area contributed by atoms with Crippen molar-refractivity contribution in [2.75, 3.05) is 0 Å². The number of rotatable bonds is 2. The van der Waals surface area contributed by atoms with Gasteiger partial charge in [-0.25, -0.2) is 4.98 Å². The maximum absolute atomic E-state index is 5.22. The summed E-state index contributed by atoms with van der Waals surface area (Å²) in [6, 6.07) is 43.2. The second kappa shape index (κ2) is 7.62. The van der Waals surface area contributed by atoms with E-state index in [1.165, 1.54) is 43.8 Å². The van der Waals surface area contributed by atoms with E-state index in [0.29, 0.717) is 0 Å². The third kappa shape index (κ3) is 2.76. The van der Waals surface area contributed by atoms with Crippen LogP contribution in [0.5, 0.6) is 0 Å². The first kappa shape index (κ1) is 20.7. The van der Waals surface area contributed by atoms with Crippen LogP contribution in [0.25, 0.3) is 82.8 Å². The molecule has 39 heavy (non-hydrogen) atoms. The summed E-state index contributed by atoms with van der Waals surface area (Å²) in [5, 5.41) is 6.17. The first-order valence-corrected chi connectivity index (χ1v) is 13.3. The maximum Gasteiger partial charge on any atom is 0.138 e. The summed E-state index contributed by atoms with van der Waals surface area (Å²) in [4.78, 5) is 10.2. The number of fused-ring (bicyclic) bond motifs is 5. The molecule has 0 bridgehead atoms. The number of aromatic nitrogens is 3. The summed E-state index contributed by atoms with van der Waals surface area (Å²) in [6.07, 6.45) is 1.90. The highest BCUT2D eigenvalue weighted by Gasteiger charge is 2.26. The predicted molar refractivity (Wildman–Crippen MR) is 161 cm³/mol. The standard InChI is InChI=1S/C36H21N3/c1-2-9-22(10-3-1)29-16-7-17-31(38-29)39-30-19-18-23-11-6-15-27-25-13-4-5-14-26(25)28-21-24-12-8-20-37-35(24)36(39)33(28)34(30)32(23)27/h1-21H. The van der Waals surface area contributed by atoms with Gasteiger partial charge in [0.05, 0.1) is 22.2 Å². The molecule has 1 aliphatic rings. The number of hydrogen-bond donors (Lipinski definition) is 0. The zero-order valence-electron chi connectivity index (χ0n) is 21.0. The van der Waals surface area contributed by atoms with Crippen molar-refractivity contribution in [2.24, 2.45) is 0 Å². The fourth-order valence-electron chi connectivity index (χ4n) is 6.55. The molecule has 0 aliphatic heterocycles. The molecule has 1 aliphatic carbocycles. The van der Waals surface area contributed by atoms with Gasteiger partial charge in [0.2, 0.25) is 0 Å². The summed E-state index contributed by atoms with van der Waals surface area (Å²) < 4.78 is 2.33. The van der Waals surface area contributed by atoms with E-state index in [2.05, 4.69) is 114 Å². The van der Waals surface area contributed by atoms with E-state index >= 15 is 0 Å². The molecule has 0 saturated heterocycles. The average molecular weight is 496 g/mol. The van der Waals surface area contributed by atoms with Crippen molar-refractivity contribution in [3.8, 4) is 39.3 Å². The largest absolute Gasteiger partial charge is 0.291 e. The van der Waals surface area contributed by atoms with Gasteiger partial charge in [-0.1, -0.05) is 91.0 Å². The Kier molecular flexibility index (Phi) is 4.05. The lowest BCUT2D eigenvalue weighted by Gasteiger charge is -2.15. The summed E-state index contributed by atoms with van der Waals surface area (Å²) in [5.41, 5.74) is 10.3. The minimum Gasteiger partial charge on any atom is -0.291 e. The van der Waals surface area contributed by atoms with Crippen LogP contribution in [-0.2, 0) is 0 Å². The fraction of sp³-hybridized carbons (Fsp3) is 0. The van der Waals surface area contributed by atoms with Crippen molar-refractivity contribution < 1.29 is 0 Å². The summed E-state index contributed by atoms with van der Waals surface area (Å²) in [6.45, 7) is 0. The zero-order chi connectivity index (χ0) is 25.5. The van der Waals surface area contributed by atoms with E-state index in [1.54, 1.807) is 0 Å². The molecular formula is C36H21N3. The third-order valence-corrected chi connectivity index (χ3v) is 8.15. The quantitative estimate of drug-likeness (QED) is 0.239. The third-order valence-electron chi connectivity index (χ3n) is 8.15. The van der Waals surface area contributed by atoms with Gasteiger partial charge in [0, 0.05) is 27.9 Å². The Hall–Kier alpha value is -5.28. The SMILES string of the molecule is c1ccc(-c2cccc(-n3c4ccc5cccc6c5c4c4c(cc5cccnc5c43)-c3ccccc3-6)n2)cc1. The first-order chi connectivity index (χ1) is 19.4. The molecule has 5 aromatic carbocycles. The van der Waals surface area contributed by atoms with E-state index in [4.69, 9.17) is 9.97 Å². The van der Waals surface area contributed by atoms with Crippen LogP contribution in [-0.4, -0.2) is 14.5 Å². The van der Waals surface area contributed by atoms with Gasteiger partial charge < -0.3 is 0 Å². The molecule has 0 radical (unpaired) electrons. The molecule has 3 aromatic heterocycles. The second-order valence-electron chi connectivity index (χ2n) is 10.2. The highest BCUT2D eigenvalue weighted by Crippen LogP contribution is 2.50. The Labute approximate surface area is 224 Å². The van der Waals surface area contributed by atoms with Crippen LogP contribution < -0.4 is 0 Å². The highest BCUT2D eigenvalue weighted by molar-refractivity contribution is 6.33. The van der Waals surface area contributed by atoms with Crippen LogP contribution in [0.15, 0.2) is 128 Å². The van der Waals surface area contributed by atoms with Crippen molar-refractivity contribution in [1.82, 2.24) is 14.5 Å². The van der Waals surface area contributed by atoms with Gasteiger partial charge in [-0.05, 0) is 63.4 Å². The van der Waals surface area contributed by atoms with Crippen molar-refractivity contribution in [3.63, 3.8) is 0 Å². The lowest BCUT2D eigenvalue weighted by molar-refractivity contribution is 1.09. The summed E-state index contributed by atoms with van der Waals surface area (Å²) in [5.74, 6) is 0.895. The minimum absolute atomic E-state index is 0.895. The van der Waals surface area contributed by atoms with Gasteiger partial charge in [-0.2, -0.15) is 0 Å². The van der Waals surface area contributed by atoms with Crippen LogP contribution in [0, 0.1) is 0 Å². The van der Waals surface area contributed by atoms with Gasteiger partial charge >= 0.3 is 0 Å². The molecule has 8 aromatic rings. The molecule has 0 unspecified atom stereocenters. The average Bonchev–Trinajstić information content (AvgIpc) is 3.31. The molecule has 9 rings (SSSR count). The highest BCUT2D eigenvalue weighted by atomic mass is 15.1. The van der Waals surface area contributed by atoms with Crippen LogP contribution in [0.3, 0.4) is 0 Å². The molecule has 0 N–H and O–H groups in total. The van der Waals surface area contributed by atoms with Crippen LogP contribution >= 0.6 is 0 Å². The molecule has 0 spiro atoms. The number of nitrogens with zero attached hydrogens (tertiary/aromatic N) is 3. The Morgan fingerprint density at radius 1 is 0.513 bits per heavy atom. The normalized spacial score (nSPS) is 12.1. The van der Waals surface area contributed by atoms with E-state index in [0.717, 1.165) is 39.0 Å². The number of benzene rings is 5. The molecule has 0 amide bonds. The molecular weight excluding hydrogens is 474 g/mol. The molecule has 0 fully saturated rings. The van der Waals surface area contributed by atoms with E-state index < -0.39 is 0 Å². The van der Waals surface area contributed by atoms with E-state index in [9.17, 15) is 0 Å². The van der Waals surface area contributed by atoms with E-state index in [-0.39, 0.29) is 0 Å². The minimum atomic E-state index is 0.895. The monoisotopic (exact) mass is 495 g/mol. The van der Waals surface area contributed by atoms with Gasteiger partial charge in [0.15, 0.2) is 0 Å². The Morgan fingerprint density at radius 3 is 2.18 bits per heavy atom. The molecule has 3 heterocycles. The Morgan fingerprint density at radius 2 is 1.28 bits per heavy atom.